The average Bonchev–Trinajstić information content (AvgIpc) is 2.14. The van der Waals surface area contributed by atoms with E-state index in [1.807, 2.05) is 0 Å². The lowest BCUT2D eigenvalue weighted by molar-refractivity contribution is 0.1000. The normalized spacial score (nSPS) is 11.0. The average molecular weight is 229 g/mol. The van der Waals surface area contributed by atoms with Crippen molar-refractivity contribution in [3.8, 4) is 5.75 Å². The van der Waals surface area contributed by atoms with E-state index >= 15 is 0 Å². The van der Waals surface area contributed by atoms with Crippen LogP contribution in [0.1, 0.15) is 10.4 Å². The molecule has 0 aromatic heterocycles. The van der Waals surface area contributed by atoms with E-state index in [0.717, 1.165) is 6.26 Å². The third-order valence-electron chi connectivity index (χ3n) is 1.58. The Bertz CT molecular complexity index is 450. The first kappa shape index (κ1) is 11.5. The highest BCUT2D eigenvalue weighted by molar-refractivity contribution is 7.90. The van der Waals surface area contributed by atoms with E-state index in [1.165, 1.54) is 24.3 Å². The molecule has 5 nitrogen and oxygen atoms in total. The predicted molar refractivity (Wildman–Crippen MR) is 55.3 cm³/mol. The Kier molecular flexibility index (Phi) is 3.31. The van der Waals surface area contributed by atoms with Gasteiger partial charge in [-0.15, -0.1) is 0 Å². The molecule has 6 heteroatoms. The van der Waals surface area contributed by atoms with Gasteiger partial charge < -0.3 is 10.5 Å². The fraction of sp³-hybridized carbons (Fsp3) is 0.222. The van der Waals surface area contributed by atoms with E-state index < -0.39 is 15.7 Å². The van der Waals surface area contributed by atoms with Crippen LogP contribution in [0.3, 0.4) is 0 Å². The summed E-state index contributed by atoms with van der Waals surface area (Å²) in [5.41, 5.74) is 5.38. The minimum atomic E-state index is -3.16. The summed E-state index contributed by atoms with van der Waals surface area (Å²) in [4.78, 5) is 10.7. The van der Waals surface area contributed by atoms with Gasteiger partial charge in [0.2, 0.25) is 5.91 Å². The molecule has 0 atom stereocenters. The smallest absolute Gasteiger partial charge is 0.248 e. The van der Waals surface area contributed by atoms with Crippen LogP contribution in [0.25, 0.3) is 0 Å². The zero-order valence-electron chi connectivity index (χ0n) is 8.14. The van der Waals surface area contributed by atoms with Crippen molar-refractivity contribution in [1.82, 2.24) is 0 Å². The Morgan fingerprint density at radius 3 is 2.27 bits per heavy atom. The molecule has 0 bridgehead atoms. The van der Waals surface area contributed by atoms with E-state index in [2.05, 4.69) is 0 Å². The Balaban J connectivity index is 2.69. The zero-order valence-corrected chi connectivity index (χ0v) is 8.95. The van der Waals surface area contributed by atoms with Gasteiger partial charge in [0.05, 0.1) is 0 Å². The van der Waals surface area contributed by atoms with Crippen LogP contribution in [-0.4, -0.2) is 26.5 Å². The quantitative estimate of drug-likeness (QED) is 0.797. The second kappa shape index (κ2) is 4.31. The number of primary amides is 1. The van der Waals surface area contributed by atoms with E-state index in [-0.39, 0.29) is 5.94 Å². The molecule has 0 radical (unpaired) electrons. The highest BCUT2D eigenvalue weighted by Gasteiger charge is 2.04. The molecule has 0 unspecified atom stereocenters. The standard InChI is InChI=1S/C9H11NO4S/c1-15(12,13)6-14-8-4-2-7(3-5-8)9(10)11/h2-5H,6H2,1H3,(H2,10,11). The van der Waals surface area contributed by atoms with Crippen molar-refractivity contribution in [1.29, 1.82) is 0 Å². The number of amides is 1. The molecule has 1 amide bonds. The molecule has 0 aliphatic rings. The molecule has 0 saturated heterocycles. The Morgan fingerprint density at radius 1 is 1.33 bits per heavy atom. The van der Waals surface area contributed by atoms with Crippen molar-refractivity contribution in [2.45, 2.75) is 0 Å². The number of benzene rings is 1. The minimum absolute atomic E-state index is 0.349. The van der Waals surface area contributed by atoms with Gasteiger partial charge in [0.15, 0.2) is 15.8 Å². The van der Waals surface area contributed by atoms with Gasteiger partial charge in [0, 0.05) is 11.8 Å². The van der Waals surface area contributed by atoms with E-state index in [1.54, 1.807) is 0 Å². The lowest BCUT2D eigenvalue weighted by Crippen LogP contribution is -2.11. The van der Waals surface area contributed by atoms with Crippen molar-refractivity contribution in [2.24, 2.45) is 5.73 Å². The summed E-state index contributed by atoms with van der Waals surface area (Å²) >= 11 is 0. The first-order valence-electron chi connectivity index (χ1n) is 4.09. The third kappa shape index (κ3) is 3.99. The minimum Gasteiger partial charge on any atom is -0.478 e. The molecule has 0 spiro atoms. The SMILES string of the molecule is CS(=O)(=O)COc1ccc(C(N)=O)cc1. The topological polar surface area (TPSA) is 86.5 Å². The first-order valence-corrected chi connectivity index (χ1v) is 6.15. The Hall–Kier alpha value is -1.56. The van der Waals surface area contributed by atoms with Gasteiger partial charge in [-0.2, -0.15) is 0 Å². The van der Waals surface area contributed by atoms with E-state index in [9.17, 15) is 13.2 Å². The van der Waals surface area contributed by atoms with E-state index in [0.29, 0.717) is 11.3 Å². The molecule has 2 N–H and O–H groups in total. The van der Waals surface area contributed by atoms with Crippen LogP contribution in [0.5, 0.6) is 5.75 Å². The summed E-state index contributed by atoms with van der Waals surface area (Å²) in [6.45, 7) is 0. The Morgan fingerprint density at radius 2 is 1.87 bits per heavy atom. The lowest BCUT2D eigenvalue weighted by Gasteiger charge is -2.04. The highest BCUT2D eigenvalue weighted by atomic mass is 32.2. The summed E-state index contributed by atoms with van der Waals surface area (Å²) < 4.78 is 26.5. The molecule has 1 aromatic carbocycles. The van der Waals surface area contributed by atoms with Crippen LogP contribution in [0, 0.1) is 0 Å². The molecular formula is C9H11NO4S. The molecule has 0 heterocycles. The summed E-state index contributed by atoms with van der Waals surface area (Å²) in [6, 6.07) is 5.93. The Labute approximate surface area is 87.8 Å². The van der Waals surface area contributed by atoms with Crippen molar-refractivity contribution >= 4 is 15.7 Å². The van der Waals surface area contributed by atoms with Crippen molar-refractivity contribution in [2.75, 3.05) is 12.2 Å². The lowest BCUT2D eigenvalue weighted by atomic mass is 10.2. The number of sulfone groups is 1. The third-order valence-corrected chi connectivity index (χ3v) is 2.12. The van der Waals surface area contributed by atoms with Gasteiger partial charge in [-0.25, -0.2) is 8.42 Å². The number of hydrogen-bond donors (Lipinski definition) is 1. The number of rotatable bonds is 4. The number of nitrogens with two attached hydrogens (primary N) is 1. The molecule has 1 rings (SSSR count). The molecule has 0 aliphatic carbocycles. The largest absolute Gasteiger partial charge is 0.478 e. The monoisotopic (exact) mass is 229 g/mol. The van der Waals surface area contributed by atoms with Gasteiger partial charge in [-0.05, 0) is 24.3 Å². The van der Waals surface area contributed by atoms with Crippen molar-refractivity contribution in [3.05, 3.63) is 29.8 Å². The molecule has 0 aliphatic heterocycles. The van der Waals surface area contributed by atoms with Gasteiger partial charge in [-0.1, -0.05) is 0 Å². The summed E-state index contributed by atoms with van der Waals surface area (Å²) in [5.74, 6) is -0.543. The summed E-state index contributed by atoms with van der Waals surface area (Å²) in [5, 5.41) is 0. The zero-order chi connectivity index (χ0) is 11.5. The number of carbonyl (C=O) groups excluding carboxylic acids is 1. The second-order valence-electron chi connectivity index (χ2n) is 3.08. The van der Waals surface area contributed by atoms with Crippen LogP contribution in [0.4, 0.5) is 0 Å². The molecule has 0 fully saturated rings. The summed E-state index contributed by atoms with van der Waals surface area (Å²) in [7, 11) is -3.16. The van der Waals surface area contributed by atoms with Crippen LogP contribution in [-0.2, 0) is 9.84 Å². The fourth-order valence-corrected chi connectivity index (χ4v) is 1.24. The maximum absolute atomic E-state index is 10.8. The van der Waals surface area contributed by atoms with Crippen LogP contribution < -0.4 is 10.5 Å². The van der Waals surface area contributed by atoms with Crippen molar-refractivity contribution in [3.63, 3.8) is 0 Å². The van der Waals surface area contributed by atoms with Crippen LogP contribution in [0.2, 0.25) is 0 Å². The van der Waals surface area contributed by atoms with E-state index in [4.69, 9.17) is 10.5 Å². The fourth-order valence-electron chi connectivity index (χ4n) is 0.891. The summed E-state index contributed by atoms with van der Waals surface area (Å²) in [6.07, 6.45) is 1.07. The second-order valence-corrected chi connectivity index (χ2v) is 5.16. The number of ether oxygens (including phenoxy) is 1. The van der Waals surface area contributed by atoms with Gasteiger partial charge >= 0.3 is 0 Å². The van der Waals surface area contributed by atoms with Gasteiger partial charge in [0.25, 0.3) is 0 Å². The van der Waals surface area contributed by atoms with Crippen LogP contribution >= 0.6 is 0 Å². The number of hydrogen-bond acceptors (Lipinski definition) is 4. The molecule has 0 saturated carbocycles. The van der Waals surface area contributed by atoms with Gasteiger partial charge in [-0.3, -0.25) is 4.79 Å². The molecule has 1 aromatic rings. The molecule has 15 heavy (non-hydrogen) atoms. The molecule has 82 valence electrons. The maximum atomic E-state index is 10.8. The van der Waals surface area contributed by atoms with Crippen molar-refractivity contribution < 1.29 is 17.9 Å². The maximum Gasteiger partial charge on any atom is 0.248 e. The first-order chi connectivity index (χ1) is 6.88. The highest BCUT2D eigenvalue weighted by Crippen LogP contribution is 2.12. The van der Waals surface area contributed by atoms with Crippen LogP contribution in [0.15, 0.2) is 24.3 Å². The number of carbonyl (C=O) groups is 1. The molecular weight excluding hydrogens is 218 g/mol. The predicted octanol–water partition coefficient (Wildman–Crippen LogP) is 0.166. The van der Waals surface area contributed by atoms with Gasteiger partial charge in [0.1, 0.15) is 5.75 Å².